The second-order valence-corrected chi connectivity index (χ2v) is 8.17. The zero-order valence-corrected chi connectivity index (χ0v) is 17.8. The van der Waals surface area contributed by atoms with Crippen molar-refractivity contribution in [3.63, 3.8) is 0 Å². The van der Waals surface area contributed by atoms with Crippen LogP contribution in [0.2, 0.25) is 0 Å². The van der Waals surface area contributed by atoms with E-state index in [0.29, 0.717) is 18.8 Å². The summed E-state index contributed by atoms with van der Waals surface area (Å²) in [7, 11) is 1.88. The highest BCUT2D eigenvalue weighted by Gasteiger charge is 2.24. The molecule has 0 saturated carbocycles. The lowest BCUT2D eigenvalue weighted by atomic mass is 10.1. The molecule has 4 heterocycles. The minimum absolute atomic E-state index is 0.0658. The normalized spacial score (nSPS) is 22.3. The van der Waals surface area contributed by atoms with Gasteiger partial charge in [0.05, 0.1) is 11.6 Å². The van der Waals surface area contributed by atoms with Crippen LogP contribution in [0.4, 0.5) is 4.79 Å². The highest BCUT2D eigenvalue weighted by Crippen LogP contribution is 2.34. The van der Waals surface area contributed by atoms with E-state index < -0.39 is 6.09 Å². The molecule has 4 bridgehead atoms. The molecule has 164 valence electrons. The molecule has 9 heteroatoms. The Labute approximate surface area is 180 Å². The number of alkyl carbamates (subject to hydrolysis) is 1. The molecule has 5 rings (SSSR count). The topological polar surface area (TPSA) is 92.4 Å². The number of imidazole rings is 1. The van der Waals surface area contributed by atoms with Crippen molar-refractivity contribution in [2.24, 2.45) is 7.05 Å². The lowest BCUT2D eigenvalue weighted by Gasteiger charge is -2.23. The first kappa shape index (κ1) is 19.9. The van der Waals surface area contributed by atoms with Crippen molar-refractivity contribution < 1.29 is 19.0 Å². The molecule has 0 spiro atoms. The summed E-state index contributed by atoms with van der Waals surface area (Å²) in [6.07, 6.45) is 5.09. The van der Waals surface area contributed by atoms with Gasteiger partial charge in [-0.15, -0.1) is 0 Å². The van der Waals surface area contributed by atoms with Gasteiger partial charge in [0, 0.05) is 38.2 Å². The average Bonchev–Trinajstić information content (AvgIpc) is 3.32. The maximum absolute atomic E-state index is 12.0. The summed E-state index contributed by atoms with van der Waals surface area (Å²) < 4.78 is 21.3. The minimum Gasteiger partial charge on any atom is -0.491 e. The van der Waals surface area contributed by atoms with Crippen molar-refractivity contribution in [3.8, 4) is 17.1 Å². The molecule has 0 radical (unpaired) electrons. The molecule has 1 aromatic carbocycles. The van der Waals surface area contributed by atoms with Crippen LogP contribution < -0.4 is 10.1 Å². The van der Waals surface area contributed by atoms with E-state index in [4.69, 9.17) is 24.3 Å². The fraction of sp³-hybridized carbons (Fsp3) is 0.500. The number of nitrogens with one attached hydrogen (secondary N) is 1. The van der Waals surface area contributed by atoms with E-state index in [1.807, 2.05) is 47.6 Å². The number of nitrogens with zero attached hydrogens (tertiary/aromatic N) is 4. The molecule has 2 atom stereocenters. The van der Waals surface area contributed by atoms with E-state index in [-0.39, 0.29) is 18.9 Å². The summed E-state index contributed by atoms with van der Waals surface area (Å²) in [5.74, 6) is 1.41. The fourth-order valence-corrected chi connectivity index (χ4v) is 4.12. The molecule has 2 aromatic heterocycles. The zero-order chi connectivity index (χ0) is 21.4. The maximum atomic E-state index is 12.0. The number of carbonyl (C=O) groups is 1. The molecule has 1 fully saturated rings. The van der Waals surface area contributed by atoms with Gasteiger partial charge in [0.15, 0.2) is 12.8 Å². The highest BCUT2D eigenvalue weighted by molar-refractivity contribution is 5.93. The van der Waals surface area contributed by atoms with Gasteiger partial charge in [-0.05, 0) is 44.4 Å². The lowest BCUT2D eigenvalue weighted by Crippen LogP contribution is -2.28. The smallest absolute Gasteiger partial charge is 0.407 e. The van der Waals surface area contributed by atoms with E-state index in [1.54, 1.807) is 0 Å². The van der Waals surface area contributed by atoms with Crippen molar-refractivity contribution in [1.29, 1.82) is 0 Å². The van der Waals surface area contributed by atoms with Gasteiger partial charge in [-0.2, -0.15) is 5.10 Å². The Balaban J connectivity index is 1.63. The third-order valence-electron chi connectivity index (χ3n) is 5.81. The number of hydrogen-bond donors (Lipinski definition) is 1. The summed E-state index contributed by atoms with van der Waals surface area (Å²) in [6, 6.07) is 6.03. The molecule has 1 unspecified atom stereocenters. The Morgan fingerprint density at radius 3 is 2.97 bits per heavy atom. The Hall–Kier alpha value is -3.07. The molecule has 9 nitrogen and oxygen atoms in total. The summed E-state index contributed by atoms with van der Waals surface area (Å²) in [4.78, 5) is 16.7. The van der Waals surface area contributed by atoms with Gasteiger partial charge in [0.25, 0.3) is 0 Å². The standard InChI is InChI=1S/C22H27N5O4/c1-14-8-9-23-22(28)30-13-19-24-17(12-26(19)2)21-16-11-15(31-14)6-7-18(16)27(25-21)20-5-3-4-10-29-20/h6-7,11-12,14,20H,3-5,8-10,13H2,1-2H3,(H,23,28)/t14-,20?/m1/s1. The Morgan fingerprint density at radius 1 is 1.23 bits per heavy atom. The van der Waals surface area contributed by atoms with Crippen LogP contribution in [0.1, 0.15) is 44.7 Å². The number of rotatable bonds is 1. The van der Waals surface area contributed by atoms with E-state index >= 15 is 0 Å². The van der Waals surface area contributed by atoms with Crippen LogP contribution in [0.5, 0.6) is 5.75 Å². The first-order valence-corrected chi connectivity index (χ1v) is 10.8. The Bertz CT molecular complexity index is 1100. The fourth-order valence-electron chi connectivity index (χ4n) is 4.12. The quantitative estimate of drug-likeness (QED) is 0.641. The van der Waals surface area contributed by atoms with Gasteiger partial charge in [0.2, 0.25) is 0 Å². The van der Waals surface area contributed by atoms with Crippen LogP contribution in [0.15, 0.2) is 24.4 Å². The number of ether oxygens (including phenoxy) is 3. The largest absolute Gasteiger partial charge is 0.491 e. The van der Waals surface area contributed by atoms with Gasteiger partial charge in [-0.1, -0.05) is 0 Å². The number of aromatic nitrogens is 4. The zero-order valence-electron chi connectivity index (χ0n) is 17.8. The minimum atomic E-state index is -0.465. The van der Waals surface area contributed by atoms with E-state index in [0.717, 1.165) is 53.9 Å². The van der Waals surface area contributed by atoms with Crippen molar-refractivity contribution in [3.05, 3.63) is 30.2 Å². The van der Waals surface area contributed by atoms with Crippen molar-refractivity contribution in [1.82, 2.24) is 24.6 Å². The van der Waals surface area contributed by atoms with Crippen LogP contribution in [0.3, 0.4) is 0 Å². The van der Waals surface area contributed by atoms with E-state index in [1.165, 1.54) is 0 Å². The van der Waals surface area contributed by atoms with E-state index in [9.17, 15) is 4.79 Å². The number of aryl methyl sites for hydroxylation is 1. The van der Waals surface area contributed by atoms with Gasteiger partial charge < -0.3 is 24.1 Å². The number of amides is 1. The second kappa shape index (κ2) is 8.22. The number of benzene rings is 1. The first-order valence-electron chi connectivity index (χ1n) is 10.8. The summed E-state index contributed by atoms with van der Waals surface area (Å²) in [5, 5.41) is 8.65. The monoisotopic (exact) mass is 425 g/mol. The Kier molecular flexibility index (Phi) is 5.27. The molecule has 2 aliphatic heterocycles. The number of carbonyl (C=O) groups excluding carboxylic acids is 1. The summed E-state index contributed by atoms with van der Waals surface area (Å²) >= 11 is 0. The third-order valence-corrected chi connectivity index (χ3v) is 5.81. The summed E-state index contributed by atoms with van der Waals surface area (Å²) in [6.45, 7) is 3.29. The van der Waals surface area contributed by atoms with E-state index in [2.05, 4.69) is 5.32 Å². The molecule has 0 aliphatic carbocycles. The van der Waals surface area contributed by atoms with Crippen LogP contribution in [0.25, 0.3) is 22.3 Å². The van der Waals surface area contributed by atoms with Gasteiger partial charge >= 0.3 is 6.09 Å². The van der Waals surface area contributed by atoms with Gasteiger partial charge in [0.1, 0.15) is 23.0 Å². The Morgan fingerprint density at radius 2 is 2.13 bits per heavy atom. The van der Waals surface area contributed by atoms with Crippen molar-refractivity contribution in [2.45, 2.75) is 51.5 Å². The number of fused-ring (bicyclic) bond motifs is 4. The SMILES string of the molecule is C[C@@H]1CCNC(=O)OCc2nc(cn2C)-c2nn(C3CCCCO3)c3ccc(cc23)O1. The number of cyclic esters (lactones) is 1. The van der Waals surface area contributed by atoms with Crippen LogP contribution in [-0.4, -0.2) is 44.7 Å². The molecule has 31 heavy (non-hydrogen) atoms. The molecule has 1 N–H and O–H groups in total. The highest BCUT2D eigenvalue weighted by atomic mass is 16.5. The molecular weight excluding hydrogens is 398 g/mol. The van der Waals surface area contributed by atoms with Crippen LogP contribution in [-0.2, 0) is 23.1 Å². The molecule has 2 aliphatic rings. The van der Waals surface area contributed by atoms with Crippen LogP contribution >= 0.6 is 0 Å². The molecule has 1 amide bonds. The lowest BCUT2D eigenvalue weighted by molar-refractivity contribution is -0.0365. The average molecular weight is 425 g/mol. The predicted molar refractivity (Wildman–Crippen MR) is 114 cm³/mol. The van der Waals surface area contributed by atoms with Crippen molar-refractivity contribution >= 4 is 17.0 Å². The number of hydrogen-bond acceptors (Lipinski definition) is 6. The van der Waals surface area contributed by atoms with Crippen LogP contribution in [0, 0.1) is 0 Å². The van der Waals surface area contributed by atoms with Gasteiger partial charge in [-0.25, -0.2) is 14.5 Å². The second-order valence-electron chi connectivity index (χ2n) is 8.17. The molecular formula is C22H27N5O4. The molecule has 1 saturated heterocycles. The predicted octanol–water partition coefficient (Wildman–Crippen LogP) is 3.53. The third kappa shape index (κ3) is 3.97. The molecule has 3 aromatic rings. The summed E-state index contributed by atoms with van der Waals surface area (Å²) in [5.41, 5.74) is 2.48. The van der Waals surface area contributed by atoms with Gasteiger partial charge in [-0.3, -0.25) is 0 Å². The maximum Gasteiger partial charge on any atom is 0.407 e. The first-order chi connectivity index (χ1) is 15.1. The van der Waals surface area contributed by atoms with Crippen molar-refractivity contribution in [2.75, 3.05) is 13.2 Å².